The number of carbonyl (C=O) groups excluding carboxylic acids is 1. The van der Waals surface area contributed by atoms with Gasteiger partial charge in [-0.2, -0.15) is 0 Å². The van der Waals surface area contributed by atoms with Crippen molar-refractivity contribution in [2.75, 3.05) is 36.9 Å². The molecule has 0 radical (unpaired) electrons. The molecular formula is C27H29N7O3S. The highest BCUT2D eigenvalue weighted by Gasteiger charge is 2.21. The normalized spacial score (nSPS) is 19.9. The van der Waals surface area contributed by atoms with E-state index < -0.39 is 0 Å². The third-order valence-corrected chi connectivity index (χ3v) is 7.75. The Bertz CT molecular complexity index is 1430. The van der Waals surface area contributed by atoms with Crippen molar-refractivity contribution in [1.29, 1.82) is 0 Å². The summed E-state index contributed by atoms with van der Waals surface area (Å²) in [5, 5.41) is 17.2. The number of aliphatic hydroxyl groups is 1. The Morgan fingerprint density at radius 1 is 1.00 bits per heavy atom. The molecule has 4 aromatic rings. The number of thiazole rings is 1. The van der Waals surface area contributed by atoms with Gasteiger partial charge in [0.15, 0.2) is 5.13 Å². The highest BCUT2D eigenvalue weighted by atomic mass is 32.1. The lowest BCUT2D eigenvalue weighted by molar-refractivity contribution is 0.0302. The van der Waals surface area contributed by atoms with Crippen molar-refractivity contribution in [3.8, 4) is 11.3 Å². The van der Waals surface area contributed by atoms with Gasteiger partial charge in [-0.3, -0.25) is 9.78 Å². The van der Waals surface area contributed by atoms with E-state index in [0.29, 0.717) is 48.9 Å². The number of carbonyl (C=O) groups is 1. The van der Waals surface area contributed by atoms with E-state index in [-0.39, 0.29) is 12.0 Å². The number of ether oxygens (including phenoxy) is 1. The van der Waals surface area contributed by atoms with Crippen molar-refractivity contribution in [2.45, 2.75) is 37.8 Å². The zero-order valence-electron chi connectivity index (χ0n) is 20.8. The molecule has 3 N–H and O–H groups in total. The monoisotopic (exact) mass is 531 g/mol. The molecule has 10 nitrogen and oxygen atoms in total. The van der Waals surface area contributed by atoms with Crippen molar-refractivity contribution in [3.05, 3.63) is 54.4 Å². The molecule has 1 aliphatic carbocycles. The number of aromatic nitrogens is 4. The number of rotatable bonds is 6. The number of hydrogen-bond donors (Lipinski definition) is 3. The minimum Gasteiger partial charge on any atom is -0.393 e. The standard InChI is InChI=1S/C27H29N7O3S/c35-20-6-4-19(5-7-20)29-23-2-1-3-24(32-23)33-27-31-22-9-8-21(30-25(22)38-27)17-14-18(16-28-15-17)26(36)34-10-12-37-13-11-34/h1-3,8-9,14-16,19-20,35H,4-7,10-13H2,(H2,29,31,32,33)/t19-,20-. The van der Waals surface area contributed by atoms with Crippen LogP contribution in [0, 0.1) is 0 Å². The predicted molar refractivity (Wildman–Crippen MR) is 147 cm³/mol. The Morgan fingerprint density at radius 2 is 1.82 bits per heavy atom. The summed E-state index contributed by atoms with van der Waals surface area (Å²) in [6, 6.07) is 11.8. The molecule has 0 aromatic carbocycles. The first-order valence-corrected chi connectivity index (χ1v) is 13.7. The summed E-state index contributed by atoms with van der Waals surface area (Å²) < 4.78 is 5.35. The molecule has 1 amide bonds. The van der Waals surface area contributed by atoms with Crippen LogP contribution in [0.15, 0.2) is 48.8 Å². The van der Waals surface area contributed by atoms with Crippen LogP contribution in [0.2, 0.25) is 0 Å². The molecule has 1 saturated heterocycles. The Morgan fingerprint density at radius 3 is 2.66 bits per heavy atom. The number of amides is 1. The van der Waals surface area contributed by atoms with Crippen molar-refractivity contribution in [2.24, 2.45) is 0 Å². The van der Waals surface area contributed by atoms with Gasteiger partial charge in [-0.25, -0.2) is 15.0 Å². The zero-order valence-corrected chi connectivity index (χ0v) is 21.7. The van der Waals surface area contributed by atoms with Gasteiger partial charge in [-0.15, -0.1) is 0 Å². The fourth-order valence-corrected chi connectivity index (χ4v) is 5.65. The average molecular weight is 532 g/mol. The van der Waals surface area contributed by atoms with Crippen LogP contribution in [0.4, 0.5) is 16.8 Å². The summed E-state index contributed by atoms with van der Waals surface area (Å²) in [4.78, 5) is 33.9. The molecule has 38 heavy (non-hydrogen) atoms. The third-order valence-electron chi connectivity index (χ3n) is 6.87. The summed E-state index contributed by atoms with van der Waals surface area (Å²) in [5.41, 5.74) is 2.84. The van der Waals surface area contributed by atoms with Crippen molar-refractivity contribution in [1.82, 2.24) is 24.8 Å². The lowest BCUT2D eigenvalue weighted by Gasteiger charge is -2.26. The Hall–Kier alpha value is -3.67. The number of anilines is 3. The fourth-order valence-electron chi connectivity index (χ4n) is 4.80. The highest BCUT2D eigenvalue weighted by molar-refractivity contribution is 7.21. The maximum atomic E-state index is 12.9. The molecule has 196 valence electrons. The van der Waals surface area contributed by atoms with E-state index in [2.05, 4.69) is 20.6 Å². The maximum absolute atomic E-state index is 12.9. The molecular weight excluding hydrogens is 502 g/mol. The number of fused-ring (bicyclic) bond motifs is 1. The molecule has 11 heteroatoms. The molecule has 1 aliphatic heterocycles. The van der Waals surface area contributed by atoms with Crippen LogP contribution < -0.4 is 10.6 Å². The van der Waals surface area contributed by atoms with Crippen molar-refractivity contribution < 1.29 is 14.6 Å². The van der Waals surface area contributed by atoms with Gasteiger partial charge >= 0.3 is 0 Å². The first-order valence-electron chi connectivity index (χ1n) is 12.9. The largest absolute Gasteiger partial charge is 0.393 e. The van der Waals surface area contributed by atoms with E-state index >= 15 is 0 Å². The third kappa shape index (κ3) is 5.59. The smallest absolute Gasteiger partial charge is 0.255 e. The van der Waals surface area contributed by atoms with Gasteiger partial charge in [0, 0.05) is 37.1 Å². The van der Waals surface area contributed by atoms with Crippen LogP contribution in [-0.4, -0.2) is 74.3 Å². The van der Waals surface area contributed by atoms with Gasteiger partial charge in [-0.05, 0) is 56.0 Å². The number of hydrogen-bond acceptors (Lipinski definition) is 10. The molecule has 0 spiro atoms. The van der Waals surface area contributed by atoms with E-state index in [9.17, 15) is 9.90 Å². The average Bonchev–Trinajstić information content (AvgIpc) is 3.36. The minimum atomic E-state index is -0.181. The topological polar surface area (TPSA) is 125 Å². The molecule has 4 aromatic heterocycles. The second-order valence-corrected chi connectivity index (χ2v) is 10.6. The lowest BCUT2D eigenvalue weighted by Crippen LogP contribution is -2.40. The van der Waals surface area contributed by atoms with Crippen LogP contribution in [0.5, 0.6) is 0 Å². The number of morpholine rings is 1. The lowest BCUT2D eigenvalue weighted by atomic mass is 9.93. The maximum Gasteiger partial charge on any atom is 0.255 e. The number of aliphatic hydroxyl groups excluding tert-OH is 1. The summed E-state index contributed by atoms with van der Waals surface area (Å²) in [7, 11) is 0. The second kappa shape index (κ2) is 11.0. The molecule has 5 heterocycles. The Balaban J connectivity index is 1.17. The fraction of sp³-hybridized carbons (Fsp3) is 0.370. The van der Waals surface area contributed by atoms with Crippen molar-refractivity contribution >= 4 is 44.4 Å². The van der Waals surface area contributed by atoms with Crippen LogP contribution in [0.3, 0.4) is 0 Å². The summed E-state index contributed by atoms with van der Waals surface area (Å²) in [6.07, 6.45) is 6.65. The molecule has 0 unspecified atom stereocenters. The van der Waals surface area contributed by atoms with E-state index in [1.54, 1.807) is 17.3 Å². The minimum absolute atomic E-state index is 0.0432. The Labute approximate surface area is 224 Å². The van der Waals surface area contributed by atoms with Gasteiger partial charge < -0.3 is 25.4 Å². The van der Waals surface area contributed by atoms with E-state index in [1.165, 1.54) is 11.3 Å². The molecule has 1 saturated carbocycles. The first-order chi connectivity index (χ1) is 18.6. The van der Waals surface area contributed by atoms with Crippen LogP contribution in [0.1, 0.15) is 36.0 Å². The van der Waals surface area contributed by atoms with E-state index in [1.807, 2.05) is 36.4 Å². The SMILES string of the molecule is O=C(c1cncc(-c2ccc3nc(Nc4cccc(N[C@H]5CC[C@H](O)CC5)n4)sc3n2)c1)N1CCOCC1. The second-order valence-electron chi connectivity index (χ2n) is 9.59. The molecule has 0 atom stereocenters. The molecule has 6 rings (SSSR count). The van der Waals surface area contributed by atoms with Crippen LogP contribution >= 0.6 is 11.3 Å². The number of nitrogens with one attached hydrogen (secondary N) is 2. The van der Waals surface area contributed by atoms with E-state index in [4.69, 9.17) is 14.7 Å². The number of pyridine rings is 3. The highest BCUT2D eigenvalue weighted by Crippen LogP contribution is 2.30. The number of nitrogens with zero attached hydrogens (tertiary/aromatic N) is 5. The zero-order chi connectivity index (χ0) is 25.9. The van der Waals surface area contributed by atoms with Gasteiger partial charge in [0.05, 0.1) is 30.6 Å². The van der Waals surface area contributed by atoms with Gasteiger partial charge in [0.1, 0.15) is 22.0 Å². The van der Waals surface area contributed by atoms with Crippen molar-refractivity contribution in [3.63, 3.8) is 0 Å². The quantitative estimate of drug-likeness (QED) is 0.337. The van der Waals surface area contributed by atoms with Gasteiger partial charge in [-0.1, -0.05) is 17.4 Å². The van der Waals surface area contributed by atoms with E-state index in [0.717, 1.165) is 53.1 Å². The van der Waals surface area contributed by atoms with Gasteiger partial charge in [0.25, 0.3) is 5.91 Å². The summed E-state index contributed by atoms with van der Waals surface area (Å²) in [5.74, 6) is 1.46. The van der Waals surface area contributed by atoms with Gasteiger partial charge in [0.2, 0.25) is 0 Å². The Kier molecular flexibility index (Phi) is 7.12. The summed E-state index contributed by atoms with van der Waals surface area (Å²) in [6.45, 7) is 2.28. The predicted octanol–water partition coefficient (Wildman–Crippen LogP) is 4.08. The first kappa shape index (κ1) is 24.7. The van der Waals surface area contributed by atoms with Crippen LogP contribution in [-0.2, 0) is 4.74 Å². The summed E-state index contributed by atoms with van der Waals surface area (Å²) >= 11 is 1.44. The molecule has 0 bridgehead atoms. The molecule has 2 aliphatic rings. The molecule has 2 fully saturated rings. The van der Waals surface area contributed by atoms with Crippen LogP contribution in [0.25, 0.3) is 21.6 Å².